The molecule has 20 heavy (non-hydrogen) atoms. The monoisotopic (exact) mass is 270 g/mol. The summed E-state index contributed by atoms with van der Waals surface area (Å²) >= 11 is 0. The third-order valence-electron chi connectivity index (χ3n) is 3.29. The van der Waals surface area contributed by atoms with Crippen molar-refractivity contribution < 1.29 is 4.74 Å². The Hall–Kier alpha value is -1.87. The topological polar surface area (TPSA) is 34.1 Å². The molecule has 0 amide bonds. The molecule has 0 aliphatic heterocycles. The van der Waals surface area contributed by atoms with Crippen LogP contribution in [0.15, 0.2) is 36.4 Å². The van der Waals surface area contributed by atoms with Crippen molar-refractivity contribution in [3.63, 3.8) is 0 Å². The maximum absolute atomic E-state index is 5.95. The van der Waals surface area contributed by atoms with Gasteiger partial charge in [-0.2, -0.15) is 0 Å². The fourth-order valence-corrected chi connectivity index (χ4v) is 2.16. The van der Waals surface area contributed by atoms with Gasteiger partial charge in [-0.3, -0.25) is 0 Å². The average Bonchev–Trinajstić information content (AvgIpc) is 2.42. The van der Waals surface area contributed by atoms with Crippen LogP contribution in [0.1, 0.15) is 36.6 Å². The lowest BCUT2D eigenvalue weighted by Gasteiger charge is -2.14. The van der Waals surface area contributed by atoms with Crippen LogP contribution < -0.4 is 10.1 Å². The zero-order valence-electron chi connectivity index (χ0n) is 12.6. The van der Waals surface area contributed by atoms with Crippen molar-refractivity contribution in [1.29, 1.82) is 0 Å². The highest BCUT2D eigenvalue weighted by Crippen LogP contribution is 2.29. The highest BCUT2D eigenvalue weighted by Gasteiger charge is 2.09. The largest absolute Gasteiger partial charge is 0.439 e. The summed E-state index contributed by atoms with van der Waals surface area (Å²) in [7, 11) is 1.93. The van der Waals surface area contributed by atoms with Crippen molar-refractivity contribution in [3.8, 4) is 11.6 Å². The number of aryl methyl sites for hydroxylation is 1. The molecule has 0 saturated heterocycles. The van der Waals surface area contributed by atoms with Gasteiger partial charge in [0, 0.05) is 18.3 Å². The van der Waals surface area contributed by atoms with Crippen LogP contribution in [0, 0.1) is 6.92 Å². The Bertz CT molecular complexity index is 579. The lowest BCUT2D eigenvalue weighted by molar-refractivity contribution is 0.452. The minimum Gasteiger partial charge on any atom is -0.439 e. The first-order chi connectivity index (χ1) is 9.61. The van der Waals surface area contributed by atoms with Gasteiger partial charge >= 0.3 is 0 Å². The van der Waals surface area contributed by atoms with Crippen LogP contribution in [0.5, 0.6) is 11.6 Å². The number of aromatic nitrogens is 1. The number of rotatable bonds is 5. The Morgan fingerprint density at radius 3 is 2.55 bits per heavy atom. The highest BCUT2D eigenvalue weighted by molar-refractivity contribution is 5.38. The average molecular weight is 270 g/mol. The molecule has 2 rings (SSSR count). The van der Waals surface area contributed by atoms with Crippen LogP contribution in [0.4, 0.5) is 0 Å². The first kappa shape index (κ1) is 14.5. The standard InChI is InChI=1S/C17H22N2O/c1-12(2)15-7-5-6-8-16(15)20-17-10-9-14(11-18-4)13(3)19-17/h5-10,12,18H,11H2,1-4H3. The molecule has 0 bridgehead atoms. The molecule has 0 fully saturated rings. The van der Waals surface area contributed by atoms with Gasteiger partial charge in [-0.15, -0.1) is 0 Å². The van der Waals surface area contributed by atoms with E-state index in [4.69, 9.17) is 4.74 Å². The maximum atomic E-state index is 5.95. The molecular formula is C17H22N2O. The Balaban J connectivity index is 2.24. The molecule has 1 N–H and O–H groups in total. The normalized spacial score (nSPS) is 10.8. The zero-order chi connectivity index (χ0) is 14.5. The van der Waals surface area contributed by atoms with E-state index < -0.39 is 0 Å². The van der Waals surface area contributed by atoms with E-state index >= 15 is 0 Å². The van der Waals surface area contributed by atoms with Crippen LogP contribution in [-0.2, 0) is 6.54 Å². The van der Waals surface area contributed by atoms with E-state index in [0.717, 1.165) is 18.0 Å². The first-order valence-corrected chi connectivity index (χ1v) is 6.99. The van der Waals surface area contributed by atoms with Gasteiger partial charge in [-0.25, -0.2) is 4.98 Å². The van der Waals surface area contributed by atoms with Gasteiger partial charge in [0.05, 0.1) is 0 Å². The number of benzene rings is 1. The molecule has 0 atom stereocenters. The minimum atomic E-state index is 0.427. The van der Waals surface area contributed by atoms with E-state index in [2.05, 4.69) is 36.3 Å². The van der Waals surface area contributed by atoms with Crippen molar-refractivity contribution in [1.82, 2.24) is 10.3 Å². The van der Waals surface area contributed by atoms with E-state index in [0.29, 0.717) is 11.8 Å². The molecule has 0 radical (unpaired) electrons. The predicted molar refractivity (Wildman–Crippen MR) is 82.3 cm³/mol. The number of nitrogens with zero attached hydrogens (tertiary/aromatic N) is 1. The third kappa shape index (κ3) is 3.36. The predicted octanol–water partition coefficient (Wildman–Crippen LogP) is 4.03. The van der Waals surface area contributed by atoms with E-state index in [-0.39, 0.29) is 0 Å². The van der Waals surface area contributed by atoms with Crippen molar-refractivity contribution in [2.24, 2.45) is 0 Å². The van der Waals surface area contributed by atoms with Gasteiger partial charge in [-0.05, 0) is 37.1 Å². The van der Waals surface area contributed by atoms with E-state index in [1.165, 1.54) is 11.1 Å². The van der Waals surface area contributed by atoms with Gasteiger partial charge in [0.2, 0.25) is 5.88 Å². The SMILES string of the molecule is CNCc1ccc(Oc2ccccc2C(C)C)nc1C. The summed E-state index contributed by atoms with van der Waals surface area (Å²) in [5.41, 5.74) is 3.39. The molecular weight excluding hydrogens is 248 g/mol. The van der Waals surface area contributed by atoms with Crippen LogP contribution in [0.25, 0.3) is 0 Å². The summed E-state index contributed by atoms with van der Waals surface area (Å²) in [4.78, 5) is 4.53. The molecule has 0 unspecified atom stereocenters. The number of hydrogen-bond acceptors (Lipinski definition) is 3. The van der Waals surface area contributed by atoms with Crippen LogP contribution >= 0.6 is 0 Å². The Labute approximate surface area is 121 Å². The Kier molecular flexibility index (Phi) is 4.74. The van der Waals surface area contributed by atoms with E-state index in [1.807, 2.05) is 38.2 Å². The minimum absolute atomic E-state index is 0.427. The quantitative estimate of drug-likeness (QED) is 0.891. The number of nitrogens with one attached hydrogen (secondary N) is 1. The summed E-state index contributed by atoms with van der Waals surface area (Å²) < 4.78 is 5.95. The third-order valence-corrected chi connectivity index (χ3v) is 3.29. The molecule has 0 aliphatic carbocycles. The molecule has 1 aromatic carbocycles. The lowest BCUT2D eigenvalue weighted by Crippen LogP contribution is -2.07. The molecule has 3 nitrogen and oxygen atoms in total. The van der Waals surface area contributed by atoms with Gasteiger partial charge in [0.25, 0.3) is 0 Å². The van der Waals surface area contributed by atoms with Crippen molar-refractivity contribution in [2.45, 2.75) is 33.2 Å². The fraction of sp³-hybridized carbons (Fsp3) is 0.353. The van der Waals surface area contributed by atoms with E-state index in [1.54, 1.807) is 0 Å². The maximum Gasteiger partial charge on any atom is 0.219 e. The number of para-hydroxylation sites is 1. The van der Waals surface area contributed by atoms with Gasteiger partial charge < -0.3 is 10.1 Å². The summed E-state index contributed by atoms with van der Waals surface area (Å²) in [5, 5.41) is 3.14. The molecule has 0 spiro atoms. The molecule has 2 aromatic rings. The number of pyridine rings is 1. The number of hydrogen-bond donors (Lipinski definition) is 1. The van der Waals surface area contributed by atoms with Crippen LogP contribution in [0.3, 0.4) is 0 Å². The van der Waals surface area contributed by atoms with Gasteiger partial charge in [0.1, 0.15) is 5.75 Å². The van der Waals surface area contributed by atoms with E-state index in [9.17, 15) is 0 Å². The van der Waals surface area contributed by atoms with Crippen molar-refractivity contribution >= 4 is 0 Å². The van der Waals surface area contributed by atoms with Crippen molar-refractivity contribution in [3.05, 3.63) is 53.2 Å². The fourth-order valence-electron chi connectivity index (χ4n) is 2.16. The Morgan fingerprint density at radius 1 is 1.15 bits per heavy atom. The van der Waals surface area contributed by atoms with Gasteiger partial charge in [-0.1, -0.05) is 38.1 Å². The second kappa shape index (κ2) is 6.53. The highest BCUT2D eigenvalue weighted by atomic mass is 16.5. The molecule has 0 aliphatic rings. The second-order valence-corrected chi connectivity index (χ2v) is 5.22. The van der Waals surface area contributed by atoms with Gasteiger partial charge in [0.15, 0.2) is 0 Å². The molecule has 3 heteroatoms. The molecule has 1 aromatic heterocycles. The molecule has 106 valence electrons. The zero-order valence-corrected chi connectivity index (χ0v) is 12.6. The molecule has 0 saturated carbocycles. The summed E-state index contributed by atoms with van der Waals surface area (Å²) in [6.07, 6.45) is 0. The Morgan fingerprint density at radius 2 is 1.90 bits per heavy atom. The molecule has 1 heterocycles. The van der Waals surface area contributed by atoms with Crippen LogP contribution in [0.2, 0.25) is 0 Å². The summed E-state index contributed by atoms with van der Waals surface area (Å²) in [5.74, 6) is 1.96. The van der Waals surface area contributed by atoms with Crippen LogP contribution in [-0.4, -0.2) is 12.0 Å². The van der Waals surface area contributed by atoms with Crippen molar-refractivity contribution in [2.75, 3.05) is 7.05 Å². The smallest absolute Gasteiger partial charge is 0.219 e. The summed E-state index contributed by atoms with van der Waals surface area (Å²) in [6.45, 7) is 7.16. The second-order valence-electron chi connectivity index (χ2n) is 5.22. The first-order valence-electron chi connectivity index (χ1n) is 6.99. The summed E-state index contributed by atoms with van der Waals surface area (Å²) in [6, 6.07) is 12.1. The number of ether oxygens (including phenoxy) is 1. The lowest BCUT2D eigenvalue weighted by atomic mass is 10.0.